The maximum absolute atomic E-state index is 6.08. The van der Waals surface area contributed by atoms with Gasteiger partial charge in [0.1, 0.15) is 16.5 Å². The van der Waals surface area contributed by atoms with Crippen LogP contribution < -0.4 is 0 Å². The van der Waals surface area contributed by atoms with Crippen LogP contribution in [0.25, 0.3) is 0 Å². The lowest BCUT2D eigenvalue weighted by molar-refractivity contribution is -0.0505. The topological polar surface area (TPSA) is 21.7 Å². The van der Waals surface area contributed by atoms with Crippen molar-refractivity contribution in [2.45, 2.75) is 123 Å². The van der Waals surface area contributed by atoms with E-state index in [0.717, 1.165) is 32.7 Å². The highest BCUT2D eigenvalue weighted by Crippen LogP contribution is 2.35. The Morgan fingerprint density at radius 1 is 0.714 bits per heavy atom. The Balaban J connectivity index is 4.92. The summed E-state index contributed by atoms with van der Waals surface area (Å²) in [4.78, 5) is 0. The maximum Gasteiger partial charge on any atom is 0.120 e. The first kappa shape index (κ1) is 28.3. The zero-order chi connectivity index (χ0) is 21.7. The molecule has 0 fully saturated rings. The largest absolute Gasteiger partial charge is 0.381 e. The molecule has 0 N–H and O–H groups in total. The number of hydrogen-bond donors (Lipinski definition) is 0. The molecular formula is C23H53NO2Si2. The van der Waals surface area contributed by atoms with E-state index in [9.17, 15) is 0 Å². The fourth-order valence-corrected chi connectivity index (χ4v) is 18.5. The SMILES string of the molecule is CCO[C@](C)(CC)CCOCCCN([Si](CC)(CC)CC)[Si](CC)(CC)CC. The van der Waals surface area contributed by atoms with Gasteiger partial charge in [-0.05, 0) is 75.9 Å². The molecule has 0 rings (SSSR count). The Morgan fingerprint density at radius 3 is 1.54 bits per heavy atom. The van der Waals surface area contributed by atoms with Crippen molar-refractivity contribution >= 4 is 16.5 Å². The van der Waals surface area contributed by atoms with Gasteiger partial charge in [0.25, 0.3) is 0 Å². The molecule has 0 bridgehead atoms. The molecule has 0 aromatic rings. The number of hydrogen-bond acceptors (Lipinski definition) is 3. The summed E-state index contributed by atoms with van der Waals surface area (Å²) >= 11 is 0. The second kappa shape index (κ2) is 14.3. The van der Waals surface area contributed by atoms with Gasteiger partial charge in [0.2, 0.25) is 0 Å². The third kappa shape index (κ3) is 7.53. The van der Waals surface area contributed by atoms with Gasteiger partial charge in [-0.15, -0.1) is 0 Å². The van der Waals surface area contributed by atoms with E-state index >= 15 is 0 Å². The molecule has 0 saturated heterocycles. The Hall–Kier alpha value is 0.314. The summed E-state index contributed by atoms with van der Waals surface area (Å²) in [5.74, 6) is 0. The molecule has 0 aromatic heterocycles. The van der Waals surface area contributed by atoms with Crippen LogP contribution >= 0.6 is 0 Å². The first-order chi connectivity index (χ1) is 13.3. The lowest BCUT2D eigenvalue weighted by atomic mass is 9.99. The molecule has 0 heterocycles. The predicted molar refractivity (Wildman–Crippen MR) is 131 cm³/mol. The molecule has 0 amide bonds. The van der Waals surface area contributed by atoms with E-state index in [1.54, 1.807) is 0 Å². The molecule has 0 aliphatic heterocycles. The van der Waals surface area contributed by atoms with E-state index < -0.39 is 16.5 Å². The minimum atomic E-state index is -1.34. The second-order valence-electron chi connectivity index (χ2n) is 8.67. The molecule has 1 atom stereocenters. The van der Waals surface area contributed by atoms with E-state index in [-0.39, 0.29) is 5.60 Å². The van der Waals surface area contributed by atoms with Gasteiger partial charge in [0.15, 0.2) is 0 Å². The van der Waals surface area contributed by atoms with Crippen LogP contribution in [-0.4, -0.2) is 52.7 Å². The summed E-state index contributed by atoms with van der Waals surface area (Å²) in [6.07, 6.45) is 3.23. The van der Waals surface area contributed by atoms with Crippen molar-refractivity contribution in [1.82, 2.24) is 4.23 Å². The average molecular weight is 432 g/mol. The molecule has 0 radical (unpaired) electrons. The normalized spacial score (nSPS) is 15.2. The molecule has 0 aliphatic carbocycles. The maximum atomic E-state index is 6.08. The minimum Gasteiger partial charge on any atom is -0.381 e. The molecule has 3 nitrogen and oxygen atoms in total. The quantitative estimate of drug-likeness (QED) is 0.168. The van der Waals surface area contributed by atoms with Crippen LogP contribution in [0.1, 0.15) is 81.6 Å². The van der Waals surface area contributed by atoms with Gasteiger partial charge in [-0.1, -0.05) is 48.5 Å². The van der Waals surface area contributed by atoms with Crippen molar-refractivity contribution in [2.24, 2.45) is 0 Å². The average Bonchev–Trinajstić information content (AvgIpc) is 2.73. The van der Waals surface area contributed by atoms with E-state index in [2.05, 4.69) is 66.5 Å². The van der Waals surface area contributed by atoms with Gasteiger partial charge >= 0.3 is 0 Å². The highest BCUT2D eigenvalue weighted by Gasteiger charge is 2.45. The van der Waals surface area contributed by atoms with Gasteiger partial charge in [0, 0.05) is 19.8 Å². The van der Waals surface area contributed by atoms with Crippen molar-refractivity contribution in [1.29, 1.82) is 0 Å². The first-order valence-corrected chi connectivity index (χ1v) is 17.5. The first-order valence-electron chi connectivity index (χ1n) is 12.3. The molecule has 0 aliphatic rings. The van der Waals surface area contributed by atoms with Gasteiger partial charge in [-0.3, -0.25) is 0 Å². The van der Waals surface area contributed by atoms with E-state index in [0.29, 0.717) is 0 Å². The lowest BCUT2D eigenvalue weighted by Gasteiger charge is -2.52. The highest BCUT2D eigenvalue weighted by molar-refractivity contribution is 6.92. The predicted octanol–water partition coefficient (Wildman–Crippen LogP) is 7.30. The molecule has 5 heteroatoms. The molecule has 170 valence electrons. The van der Waals surface area contributed by atoms with Crippen LogP contribution in [0.2, 0.25) is 36.3 Å². The van der Waals surface area contributed by atoms with Crippen molar-refractivity contribution in [3.63, 3.8) is 0 Å². The third-order valence-electron chi connectivity index (χ3n) is 7.78. The molecule has 0 spiro atoms. The Labute approximate surface area is 180 Å². The van der Waals surface area contributed by atoms with Crippen molar-refractivity contribution in [2.75, 3.05) is 26.4 Å². The van der Waals surface area contributed by atoms with Gasteiger partial charge < -0.3 is 13.7 Å². The smallest absolute Gasteiger partial charge is 0.120 e. The van der Waals surface area contributed by atoms with Crippen molar-refractivity contribution in [3.05, 3.63) is 0 Å². The van der Waals surface area contributed by atoms with Gasteiger partial charge in [-0.25, -0.2) is 0 Å². The van der Waals surface area contributed by atoms with Crippen LogP contribution in [0.15, 0.2) is 0 Å². The molecule has 28 heavy (non-hydrogen) atoms. The van der Waals surface area contributed by atoms with Crippen LogP contribution in [-0.2, 0) is 9.47 Å². The number of ether oxygens (including phenoxy) is 2. The van der Waals surface area contributed by atoms with E-state index in [1.807, 2.05) is 0 Å². The van der Waals surface area contributed by atoms with Crippen LogP contribution in [0.3, 0.4) is 0 Å². The van der Waals surface area contributed by atoms with Crippen LogP contribution in [0, 0.1) is 0 Å². The zero-order valence-electron chi connectivity index (χ0n) is 21.0. The summed E-state index contributed by atoms with van der Waals surface area (Å²) in [6, 6.07) is 8.41. The summed E-state index contributed by atoms with van der Waals surface area (Å²) < 4.78 is 15.2. The molecular weight excluding hydrogens is 378 g/mol. The van der Waals surface area contributed by atoms with Gasteiger partial charge in [-0.2, -0.15) is 0 Å². The highest BCUT2D eigenvalue weighted by atomic mass is 28.4. The fourth-order valence-electron chi connectivity index (χ4n) is 5.04. The van der Waals surface area contributed by atoms with E-state index in [4.69, 9.17) is 9.47 Å². The zero-order valence-corrected chi connectivity index (χ0v) is 23.0. The fraction of sp³-hybridized carbons (Fsp3) is 1.00. The number of nitrogens with zero attached hydrogens (tertiary/aromatic N) is 1. The second-order valence-corrected chi connectivity index (χ2v) is 19.3. The Kier molecular flexibility index (Phi) is 14.5. The summed E-state index contributed by atoms with van der Waals surface area (Å²) in [5.41, 5.74) is -0.0236. The van der Waals surface area contributed by atoms with Crippen molar-refractivity contribution in [3.8, 4) is 0 Å². The molecule has 0 saturated carbocycles. The molecule has 0 aromatic carbocycles. The third-order valence-corrected chi connectivity index (χ3v) is 21.3. The van der Waals surface area contributed by atoms with Gasteiger partial charge in [0.05, 0.1) is 5.60 Å². The monoisotopic (exact) mass is 431 g/mol. The van der Waals surface area contributed by atoms with Crippen LogP contribution in [0.5, 0.6) is 0 Å². The summed E-state index contributed by atoms with van der Waals surface area (Å²) in [6.45, 7) is 25.0. The lowest BCUT2D eigenvalue weighted by Crippen LogP contribution is -2.66. The van der Waals surface area contributed by atoms with Crippen LogP contribution in [0.4, 0.5) is 0 Å². The standard InChI is InChI=1S/C23H53NO2Si2/c1-10-23(9,26-11-2)19-22-25-21-18-20-24(27(12-3,13-4)14-5)28(15-6,16-7)17-8/h10-22H2,1-9H3/t23-/m1/s1. The Morgan fingerprint density at radius 2 is 1.18 bits per heavy atom. The van der Waals surface area contributed by atoms with E-state index in [1.165, 1.54) is 49.2 Å². The van der Waals surface area contributed by atoms with Crippen molar-refractivity contribution < 1.29 is 9.47 Å². The number of rotatable bonds is 18. The minimum absolute atomic E-state index is 0.0236. The summed E-state index contributed by atoms with van der Waals surface area (Å²) in [5, 5.41) is 0. The summed E-state index contributed by atoms with van der Waals surface area (Å²) in [7, 11) is -2.68. The molecule has 0 unspecified atom stereocenters. The Bertz CT molecular complexity index is 350.